The van der Waals surface area contributed by atoms with E-state index in [0.29, 0.717) is 24.6 Å². The molecule has 0 aromatic heterocycles. The van der Waals surface area contributed by atoms with Crippen LogP contribution in [0.2, 0.25) is 0 Å². The average molecular weight is 331 g/mol. The largest absolute Gasteiger partial charge is 0.488 e. The van der Waals surface area contributed by atoms with Gasteiger partial charge in [0.05, 0.1) is 5.92 Å². The fourth-order valence-corrected chi connectivity index (χ4v) is 3.46. The Labute approximate surface area is 142 Å². The van der Waals surface area contributed by atoms with Crippen molar-refractivity contribution in [2.45, 2.75) is 39.2 Å². The van der Waals surface area contributed by atoms with Gasteiger partial charge in [0.15, 0.2) is 0 Å². The van der Waals surface area contributed by atoms with Crippen LogP contribution in [-0.4, -0.2) is 40.6 Å². The maximum absolute atomic E-state index is 12.7. The van der Waals surface area contributed by atoms with Gasteiger partial charge in [0.25, 0.3) is 5.91 Å². The van der Waals surface area contributed by atoms with Crippen LogP contribution in [0.15, 0.2) is 24.3 Å². The number of nitrogens with zero attached hydrogens (tertiary/aromatic N) is 1. The summed E-state index contributed by atoms with van der Waals surface area (Å²) in [5.41, 5.74) is 0.295. The van der Waals surface area contributed by atoms with Crippen molar-refractivity contribution in [1.82, 2.24) is 4.90 Å². The predicted octanol–water partition coefficient (Wildman–Crippen LogP) is 3.05. The molecular formula is C19H25NO4. The number of carbonyl (C=O) groups is 2. The van der Waals surface area contributed by atoms with Gasteiger partial charge in [0, 0.05) is 18.7 Å². The van der Waals surface area contributed by atoms with Crippen molar-refractivity contribution < 1.29 is 19.4 Å². The van der Waals surface area contributed by atoms with Gasteiger partial charge in [-0.1, -0.05) is 0 Å². The quantitative estimate of drug-likeness (QED) is 0.921. The molecule has 1 saturated heterocycles. The minimum Gasteiger partial charge on any atom is -0.488 e. The molecule has 1 aromatic rings. The molecule has 0 radical (unpaired) electrons. The molecule has 2 atom stereocenters. The van der Waals surface area contributed by atoms with Gasteiger partial charge in [0.1, 0.15) is 11.4 Å². The summed E-state index contributed by atoms with van der Waals surface area (Å²) < 4.78 is 5.76. The normalized spacial score (nSPS) is 24.0. The van der Waals surface area contributed by atoms with Gasteiger partial charge in [-0.15, -0.1) is 0 Å². The molecule has 3 rings (SSSR count). The predicted molar refractivity (Wildman–Crippen MR) is 90.1 cm³/mol. The number of amides is 1. The number of likely N-dealkylation sites (tertiary alicyclic amines) is 1. The Morgan fingerprint density at radius 1 is 1.12 bits per heavy atom. The Kier molecular flexibility index (Phi) is 4.28. The Balaban J connectivity index is 1.69. The standard InChI is InChI=1S/C19H25NO4/c1-19(2,3)24-14-8-6-13(7-9-14)17(21)20-10-15(12-4-5-12)16(11-20)18(22)23/h6-9,12,15-16H,4-5,10-11H2,1-3H3,(H,22,23)/t15-,16+/m1/s1. The number of carboxylic acid groups (broad SMARTS) is 1. The van der Waals surface area contributed by atoms with Gasteiger partial charge in [-0.05, 0) is 69.7 Å². The first-order valence-corrected chi connectivity index (χ1v) is 8.56. The number of aliphatic carboxylic acids is 1. The smallest absolute Gasteiger partial charge is 0.308 e. The van der Waals surface area contributed by atoms with E-state index in [9.17, 15) is 14.7 Å². The van der Waals surface area contributed by atoms with E-state index in [1.165, 1.54) is 0 Å². The SMILES string of the molecule is CC(C)(C)Oc1ccc(C(=O)N2C[C@H](C(=O)O)[C@@H](C3CC3)C2)cc1. The van der Waals surface area contributed by atoms with Crippen LogP contribution in [-0.2, 0) is 4.79 Å². The van der Waals surface area contributed by atoms with E-state index in [4.69, 9.17) is 4.74 Å². The monoisotopic (exact) mass is 331 g/mol. The summed E-state index contributed by atoms with van der Waals surface area (Å²) in [6.07, 6.45) is 2.19. The third-order valence-corrected chi connectivity index (χ3v) is 4.72. The summed E-state index contributed by atoms with van der Waals surface area (Å²) in [5.74, 6) is 0.00827. The van der Waals surface area contributed by atoms with Crippen LogP contribution in [0.3, 0.4) is 0 Å². The molecule has 24 heavy (non-hydrogen) atoms. The number of carbonyl (C=O) groups excluding carboxylic acids is 1. The minimum absolute atomic E-state index is 0.0910. The van der Waals surface area contributed by atoms with E-state index in [-0.39, 0.29) is 17.4 Å². The molecule has 2 fully saturated rings. The topological polar surface area (TPSA) is 66.8 Å². The summed E-state index contributed by atoms with van der Waals surface area (Å²) in [7, 11) is 0. The van der Waals surface area contributed by atoms with Gasteiger partial charge < -0.3 is 14.7 Å². The third kappa shape index (κ3) is 3.71. The molecule has 1 aliphatic carbocycles. The second-order valence-electron chi connectivity index (χ2n) is 7.89. The summed E-state index contributed by atoms with van der Waals surface area (Å²) in [6, 6.07) is 7.09. The summed E-state index contributed by atoms with van der Waals surface area (Å²) in [6.45, 7) is 6.79. The maximum Gasteiger partial charge on any atom is 0.308 e. The number of hydrogen-bond acceptors (Lipinski definition) is 3. The van der Waals surface area contributed by atoms with Gasteiger partial charge in [-0.2, -0.15) is 0 Å². The van der Waals surface area contributed by atoms with Crippen molar-refractivity contribution in [3.63, 3.8) is 0 Å². The first-order chi connectivity index (χ1) is 11.2. The highest BCUT2D eigenvalue weighted by atomic mass is 16.5. The van der Waals surface area contributed by atoms with Crippen LogP contribution >= 0.6 is 0 Å². The van der Waals surface area contributed by atoms with Gasteiger partial charge in [-0.25, -0.2) is 0 Å². The average Bonchev–Trinajstić information content (AvgIpc) is 3.24. The minimum atomic E-state index is -0.781. The molecular weight excluding hydrogens is 306 g/mol. The molecule has 0 bridgehead atoms. The molecule has 5 heteroatoms. The molecule has 0 spiro atoms. The van der Waals surface area contributed by atoms with Crippen LogP contribution in [0.25, 0.3) is 0 Å². The molecule has 1 heterocycles. The van der Waals surface area contributed by atoms with E-state index in [1.54, 1.807) is 29.2 Å². The molecule has 1 saturated carbocycles. The molecule has 0 unspecified atom stereocenters. The zero-order chi connectivity index (χ0) is 17.5. The fourth-order valence-electron chi connectivity index (χ4n) is 3.46. The van der Waals surface area contributed by atoms with E-state index in [0.717, 1.165) is 18.6 Å². The van der Waals surface area contributed by atoms with Gasteiger partial charge in [-0.3, -0.25) is 9.59 Å². The molecule has 2 aliphatic rings. The highest BCUT2D eigenvalue weighted by molar-refractivity contribution is 5.95. The molecule has 130 valence electrons. The number of carboxylic acids is 1. The summed E-state index contributed by atoms with van der Waals surface area (Å²) in [4.78, 5) is 25.9. The fraction of sp³-hybridized carbons (Fsp3) is 0.579. The van der Waals surface area contributed by atoms with E-state index < -0.39 is 11.9 Å². The summed E-state index contributed by atoms with van der Waals surface area (Å²) in [5, 5.41) is 9.42. The van der Waals surface area contributed by atoms with E-state index >= 15 is 0 Å². The van der Waals surface area contributed by atoms with Crippen LogP contribution in [0, 0.1) is 17.8 Å². The molecule has 5 nitrogen and oxygen atoms in total. The lowest BCUT2D eigenvalue weighted by atomic mass is 9.92. The van der Waals surface area contributed by atoms with Gasteiger partial charge >= 0.3 is 5.97 Å². The third-order valence-electron chi connectivity index (χ3n) is 4.72. The second kappa shape index (κ2) is 6.11. The lowest BCUT2D eigenvalue weighted by Crippen LogP contribution is -2.30. The first kappa shape index (κ1) is 16.8. The maximum atomic E-state index is 12.7. The number of benzene rings is 1. The molecule has 1 amide bonds. The first-order valence-electron chi connectivity index (χ1n) is 8.56. The zero-order valence-electron chi connectivity index (χ0n) is 14.5. The number of hydrogen-bond donors (Lipinski definition) is 1. The zero-order valence-corrected chi connectivity index (χ0v) is 14.5. The number of ether oxygens (including phenoxy) is 1. The lowest BCUT2D eigenvalue weighted by molar-refractivity contribution is -0.142. The number of rotatable bonds is 4. The Morgan fingerprint density at radius 2 is 1.75 bits per heavy atom. The van der Waals surface area contributed by atoms with Crippen molar-refractivity contribution in [1.29, 1.82) is 0 Å². The Bertz CT molecular complexity index is 628. The second-order valence-corrected chi connectivity index (χ2v) is 7.89. The molecule has 1 aliphatic heterocycles. The molecule has 1 N–H and O–H groups in total. The van der Waals surface area contributed by atoms with Crippen LogP contribution in [0.1, 0.15) is 44.0 Å². The van der Waals surface area contributed by atoms with Crippen LogP contribution in [0.4, 0.5) is 0 Å². The van der Waals surface area contributed by atoms with E-state index in [2.05, 4.69) is 0 Å². The van der Waals surface area contributed by atoms with Crippen molar-refractivity contribution >= 4 is 11.9 Å². The van der Waals surface area contributed by atoms with Crippen LogP contribution < -0.4 is 4.74 Å². The molecule has 1 aromatic carbocycles. The van der Waals surface area contributed by atoms with E-state index in [1.807, 2.05) is 20.8 Å². The van der Waals surface area contributed by atoms with Crippen LogP contribution in [0.5, 0.6) is 5.75 Å². The van der Waals surface area contributed by atoms with Gasteiger partial charge in [0.2, 0.25) is 0 Å². The summed E-state index contributed by atoms with van der Waals surface area (Å²) >= 11 is 0. The highest BCUT2D eigenvalue weighted by Crippen LogP contribution is 2.44. The van der Waals surface area contributed by atoms with Crippen molar-refractivity contribution in [3.8, 4) is 5.75 Å². The van der Waals surface area contributed by atoms with Crippen molar-refractivity contribution in [3.05, 3.63) is 29.8 Å². The van der Waals surface area contributed by atoms with Crippen molar-refractivity contribution in [2.24, 2.45) is 17.8 Å². The Morgan fingerprint density at radius 3 is 2.25 bits per heavy atom. The van der Waals surface area contributed by atoms with Crippen molar-refractivity contribution in [2.75, 3.05) is 13.1 Å². The highest BCUT2D eigenvalue weighted by Gasteiger charge is 2.46. The lowest BCUT2D eigenvalue weighted by Gasteiger charge is -2.21. The Hall–Kier alpha value is -2.04.